The molecule has 0 radical (unpaired) electrons. The van der Waals surface area contributed by atoms with E-state index in [9.17, 15) is 0 Å². The van der Waals surface area contributed by atoms with Crippen LogP contribution >= 0.6 is 0 Å². The molecular weight excluding hydrogens is 322 g/mol. The summed E-state index contributed by atoms with van der Waals surface area (Å²) in [7, 11) is 0. The van der Waals surface area contributed by atoms with Crippen LogP contribution in [0.4, 0.5) is 0 Å². The molecule has 26 heavy (non-hydrogen) atoms. The van der Waals surface area contributed by atoms with Gasteiger partial charge in [0.25, 0.3) is 0 Å². The van der Waals surface area contributed by atoms with Crippen LogP contribution in [0.25, 0.3) is 0 Å². The summed E-state index contributed by atoms with van der Waals surface area (Å²) in [6.07, 6.45) is 16.2. The fourth-order valence-electron chi connectivity index (χ4n) is 5.69. The number of nitriles is 1. The fourth-order valence-corrected chi connectivity index (χ4v) is 5.69. The van der Waals surface area contributed by atoms with E-state index in [-0.39, 0.29) is 18.2 Å². The van der Waals surface area contributed by atoms with E-state index >= 15 is 0 Å². The molecular formula is C22H39N3O. The average molecular weight is 362 g/mol. The van der Waals surface area contributed by atoms with Crippen LogP contribution in [0.2, 0.25) is 0 Å². The Balaban J connectivity index is 1.26. The Bertz CT molecular complexity index is 447. The van der Waals surface area contributed by atoms with Crippen LogP contribution in [0.15, 0.2) is 0 Å². The van der Waals surface area contributed by atoms with Gasteiger partial charge < -0.3 is 16.2 Å². The number of hydrogen-bond acceptors (Lipinski definition) is 4. The van der Waals surface area contributed by atoms with Gasteiger partial charge in [0.1, 0.15) is 0 Å². The Morgan fingerprint density at radius 1 is 0.846 bits per heavy atom. The second-order valence-electron chi connectivity index (χ2n) is 9.31. The van der Waals surface area contributed by atoms with E-state index in [1.54, 1.807) is 0 Å². The SMILES string of the molecule is N#CC1CCC(C2CCC(CCCOC3CCC(N)CC3N)CC2)CC1. The molecule has 0 bridgehead atoms. The maximum atomic E-state index is 9.06. The van der Waals surface area contributed by atoms with Crippen LogP contribution < -0.4 is 11.5 Å². The van der Waals surface area contributed by atoms with Crippen LogP contribution in [-0.2, 0) is 4.74 Å². The average Bonchev–Trinajstić information content (AvgIpc) is 2.67. The Kier molecular flexibility index (Phi) is 7.78. The van der Waals surface area contributed by atoms with Gasteiger partial charge in [-0.25, -0.2) is 0 Å². The van der Waals surface area contributed by atoms with Crippen LogP contribution in [0.3, 0.4) is 0 Å². The number of nitrogens with two attached hydrogens (primary N) is 2. The molecule has 3 atom stereocenters. The molecule has 3 rings (SSSR count). The topological polar surface area (TPSA) is 85.1 Å². The summed E-state index contributed by atoms with van der Waals surface area (Å²) in [5.74, 6) is 3.09. The Morgan fingerprint density at radius 2 is 1.50 bits per heavy atom. The molecule has 148 valence electrons. The van der Waals surface area contributed by atoms with Crippen LogP contribution in [0.1, 0.15) is 83.5 Å². The molecule has 0 aromatic rings. The largest absolute Gasteiger partial charge is 0.377 e. The second-order valence-corrected chi connectivity index (χ2v) is 9.31. The van der Waals surface area contributed by atoms with E-state index in [0.29, 0.717) is 5.92 Å². The van der Waals surface area contributed by atoms with E-state index in [4.69, 9.17) is 21.5 Å². The summed E-state index contributed by atoms with van der Waals surface area (Å²) < 4.78 is 6.06. The summed E-state index contributed by atoms with van der Waals surface area (Å²) in [6, 6.07) is 2.87. The molecule has 3 aliphatic rings. The predicted octanol–water partition coefficient (Wildman–Crippen LogP) is 4.13. The minimum absolute atomic E-state index is 0.130. The number of nitrogens with zero attached hydrogens (tertiary/aromatic N) is 1. The quantitative estimate of drug-likeness (QED) is 0.697. The third-order valence-electron chi connectivity index (χ3n) is 7.48. The molecule has 3 aliphatic carbocycles. The van der Waals surface area contributed by atoms with Crippen molar-refractivity contribution in [1.82, 2.24) is 0 Å². The van der Waals surface area contributed by atoms with Gasteiger partial charge >= 0.3 is 0 Å². The van der Waals surface area contributed by atoms with Gasteiger partial charge in [-0.3, -0.25) is 0 Å². The minimum Gasteiger partial charge on any atom is -0.377 e. The number of rotatable bonds is 6. The Morgan fingerprint density at radius 3 is 2.12 bits per heavy atom. The molecule has 4 N–H and O–H groups in total. The van der Waals surface area contributed by atoms with Gasteiger partial charge in [-0.05, 0) is 88.4 Å². The molecule has 3 saturated carbocycles. The third-order valence-corrected chi connectivity index (χ3v) is 7.48. The lowest BCUT2D eigenvalue weighted by molar-refractivity contribution is 0.00768. The van der Waals surface area contributed by atoms with Crippen molar-refractivity contribution < 1.29 is 4.74 Å². The molecule has 0 aliphatic heterocycles. The van der Waals surface area contributed by atoms with Crippen molar-refractivity contribution in [2.24, 2.45) is 35.1 Å². The van der Waals surface area contributed by atoms with E-state index in [1.807, 2.05) is 0 Å². The first kappa shape index (κ1) is 20.1. The second kappa shape index (κ2) is 10.1. The van der Waals surface area contributed by atoms with Crippen molar-refractivity contribution >= 4 is 0 Å². The van der Waals surface area contributed by atoms with Crippen molar-refractivity contribution in [3.05, 3.63) is 0 Å². The van der Waals surface area contributed by atoms with Gasteiger partial charge in [-0.15, -0.1) is 0 Å². The Labute approximate surface area is 160 Å². The number of hydrogen-bond donors (Lipinski definition) is 2. The molecule has 0 aromatic carbocycles. The first-order valence-corrected chi connectivity index (χ1v) is 11.2. The summed E-state index contributed by atoms with van der Waals surface area (Å²) in [5.41, 5.74) is 12.1. The summed E-state index contributed by atoms with van der Waals surface area (Å²) >= 11 is 0. The molecule has 3 unspecified atom stereocenters. The smallest absolute Gasteiger partial charge is 0.0727 e. The summed E-state index contributed by atoms with van der Waals surface area (Å²) in [6.45, 7) is 0.867. The zero-order chi connectivity index (χ0) is 18.4. The lowest BCUT2D eigenvalue weighted by atomic mass is 9.69. The van der Waals surface area contributed by atoms with Crippen molar-refractivity contribution in [3.8, 4) is 6.07 Å². The van der Waals surface area contributed by atoms with Gasteiger partial charge in [0.05, 0.1) is 12.2 Å². The highest BCUT2D eigenvalue weighted by molar-refractivity contribution is 4.89. The fraction of sp³-hybridized carbons (Fsp3) is 0.955. The zero-order valence-corrected chi connectivity index (χ0v) is 16.5. The van der Waals surface area contributed by atoms with E-state index in [0.717, 1.165) is 56.5 Å². The van der Waals surface area contributed by atoms with Crippen molar-refractivity contribution in [2.75, 3.05) is 6.61 Å². The monoisotopic (exact) mass is 361 g/mol. The summed E-state index contributed by atoms with van der Waals surface area (Å²) in [4.78, 5) is 0. The van der Waals surface area contributed by atoms with Crippen LogP contribution in [0, 0.1) is 35.0 Å². The molecule has 0 amide bonds. The molecule has 0 aromatic heterocycles. The molecule has 0 saturated heterocycles. The highest BCUT2D eigenvalue weighted by atomic mass is 16.5. The minimum atomic E-state index is 0.130. The number of ether oxygens (including phenoxy) is 1. The van der Waals surface area contributed by atoms with Crippen molar-refractivity contribution in [2.45, 2.75) is 102 Å². The lowest BCUT2D eigenvalue weighted by Gasteiger charge is -2.37. The predicted molar refractivity (Wildman–Crippen MR) is 105 cm³/mol. The van der Waals surface area contributed by atoms with Gasteiger partial charge in [-0.2, -0.15) is 5.26 Å². The van der Waals surface area contributed by atoms with Crippen molar-refractivity contribution in [3.63, 3.8) is 0 Å². The highest BCUT2D eigenvalue weighted by Gasteiger charge is 2.31. The lowest BCUT2D eigenvalue weighted by Crippen LogP contribution is -2.46. The molecule has 0 spiro atoms. The maximum Gasteiger partial charge on any atom is 0.0727 e. The first-order chi connectivity index (χ1) is 12.7. The third kappa shape index (κ3) is 5.68. The maximum absolute atomic E-state index is 9.06. The van der Waals surface area contributed by atoms with Gasteiger partial charge in [0, 0.05) is 24.6 Å². The van der Waals surface area contributed by atoms with Gasteiger partial charge in [0.15, 0.2) is 0 Å². The zero-order valence-electron chi connectivity index (χ0n) is 16.5. The van der Waals surface area contributed by atoms with Gasteiger partial charge in [-0.1, -0.05) is 12.8 Å². The van der Waals surface area contributed by atoms with Crippen LogP contribution in [-0.4, -0.2) is 24.8 Å². The molecule has 0 heterocycles. The summed E-state index contributed by atoms with van der Waals surface area (Å²) in [5, 5.41) is 9.06. The van der Waals surface area contributed by atoms with E-state index < -0.39 is 0 Å². The van der Waals surface area contributed by atoms with E-state index in [1.165, 1.54) is 51.4 Å². The van der Waals surface area contributed by atoms with Crippen molar-refractivity contribution in [1.29, 1.82) is 5.26 Å². The Hall–Kier alpha value is -0.630. The highest BCUT2D eigenvalue weighted by Crippen LogP contribution is 2.42. The van der Waals surface area contributed by atoms with E-state index in [2.05, 4.69) is 6.07 Å². The molecule has 4 heteroatoms. The first-order valence-electron chi connectivity index (χ1n) is 11.2. The molecule has 3 fully saturated rings. The standard InChI is InChI=1S/C22H39N3O/c23-15-17-5-9-19(10-6-17)18-7-3-16(4-8-18)2-1-13-26-22-12-11-20(24)14-21(22)25/h16-22H,1-14,24-25H2. The van der Waals surface area contributed by atoms with Gasteiger partial charge in [0.2, 0.25) is 0 Å². The van der Waals surface area contributed by atoms with Crippen LogP contribution in [0.5, 0.6) is 0 Å². The molecule has 4 nitrogen and oxygen atoms in total. The normalized spacial score (nSPS) is 41.5.